The minimum atomic E-state index is -1.63. The van der Waals surface area contributed by atoms with Gasteiger partial charge in [0.15, 0.2) is 12.4 Å². The minimum Gasteiger partial charge on any atom is -0.545 e. The highest BCUT2D eigenvalue weighted by atomic mass is 16.7. The number of carbonyl (C=O) groups is 3. The van der Waals surface area contributed by atoms with Crippen molar-refractivity contribution >= 4 is 17.9 Å². The highest BCUT2D eigenvalue weighted by Crippen LogP contribution is 2.17. The summed E-state index contributed by atoms with van der Waals surface area (Å²) in [5.41, 5.74) is 0. The number of carbonyl (C=O) groups excluding carboxylic acids is 3. The molecule has 0 fully saturated rings. The largest absolute Gasteiger partial charge is 0.545 e. The van der Waals surface area contributed by atoms with E-state index < -0.39 is 24.3 Å². The summed E-state index contributed by atoms with van der Waals surface area (Å²) in [6.07, 6.45) is 92.4. The predicted molar refractivity (Wildman–Crippen MR) is 366 cm³/mol. The van der Waals surface area contributed by atoms with Crippen LogP contribution in [0.15, 0.2) is 134 Å². The number of aliphatic carboxylic acids is 1. The first-order valence-electron chi connectivity index (χ1n) is 34.8. The Bertz CT molecular complexity index is 1870. The van der Waals surface area contributed by atoms with Crippen LogP contribution in [0.3, 0.4) is 0 Å². The Hall–Kier alpha value is -4.57. The Morgan fingerprint density at radius 3 is 0.988 bits per heavy atom. The number of rotatable bonds is 63. The van der Waals surface area contributed by atoms with Crippen LogP contribution in [0.1, 0.15) is 277 Å². The van der Waals surface area contributed by atoms with Crippen molar-refractivity contribution in [3.8, 4) is 0 Å². The van der Waals surface area contributed by atoms with Gasteiger partial charge in [-0.3, -0.25) is 9.59 Å². The molecule has 0 bridgehead atoms. The van der Waals surface area contributed by atoms with Gasteiger partial charge in [0.05, 0.1) is 40.3 Å². The van der Waals surface area contributed by atoms with Crippen molar-refractivity contribution in [1.29, 1.82) is 0 Å². The standard InChI is InChI=1S/C77H129NO8/c1-6-8-10-12-14-16-18-20-22-24-26-28-30-31-32-33-34-35-36-37-38-39-40-41-42-43-44-45-46-48-50-52-54-56-58-60-62-64-66-68-75(80)86-73(72-85-77(76(81)82)83-70-69-78(3,4)5)71-84-74(79)67-65-63-61-59-57-55-53-51-49-47-29-27-25-23-21-19-17-15-13-11-9-7-2/h8,10,14,16,20,22,26,28,31-32,34-35,37-38,40-41,43-44,46,48,52,54,73,77H,6-7,9,11-13,15,17-19,21,23-25,27,29-30,33,36,39,42,45,47,49-51,53,55-72H2,1-5H3/b10-8-,16-14-,22-20-,28-26-,32-31-,35-34-,38-37-,41-40-,44-43-,48-46-,54-52-. The first-order chi connectivity index (χ1) is 42.1. The van der Waals surface area contributed by atoms with Crippen molar-refractivity contribution in [2.24, 2.45) is 0 Å². The SMILES string of the molecule is CC/C=C\C/C=C\C/C=C\C/C=C\C/C=C\C/C=C\C/C=C\C/C=C\C/C=C\C/C=C\C/C=C\CCCCCCCC(=O)OC(COC(=O)CCCCCCCCCCCCCCCCCCCCCCCC)COC(OCC[N+](C)(C)C)C(=O)[O-]. The predicted octanol–water partition coefficient (Wildman–Crippen LogP) is 20.4. The molecule has 0 aliphatic rings. The van der Waals surface area contributed by atoms with E-state index in [1.807, 2.05) is 21.1 Å². The summed E-state index contributed by atoms with van der Waals surface area (Å²) in [5.74, 6) is -2.31. The molecule has 0 radical (unpaired) electrons. The van der Waals surface area contributed by atoms with Crippen LogP contribution in [0.25, 0.3) is 0 Å². The molecular formula is C77H129NO8. The molecule has 0 rings (SSSR count). The second-order valence-corrected chi connectivity index (χ2v) is 24.1. The number of allylic oxidation sites excluding steroid dienone is 22. The third kappa shape index (κ3) is 66.9. The lowest BCUT2D eigenvalue weighted by atomic mass is 10.0. The van der Waals surface area contributed by atoms with Gasteiger partial charge in [0, 0.05) is 12.8 Å². The van der Waals surface area contributed by atoms with Crippen LogP contribution in [0.5, 0.6) is 0 Å². The van der Waals surface area contributed by atoms with Crippen molar-refractivity contribution in [1.82, 2.24) is 0 Å². The molecule has 2 unspecified atom stereocenters. The van der Waals surface area contributed by atoms with Gasteiger partial charge in [-0.1, -0.05) is 302 Å². The van der Waals surface area contributed by atoms with Gasteiger partial charge < -0.3 is 33.3 Å². The fraction of sp³-hybridized carbons (Fsp3) is 0.675. The number of ether oxygens (including phenoxy) is 4. The van der Waals surface area contributed by atoms with Gasteiger partial charge in [0.1, 0.15) is 13.2 Å². The smallest absolute Gasteiger partial charge is 0.306 e. The second kappa shape index (κ2) is 66.4. The van der Waals surface area contributed by atoms with Gasteiger partial charge in [-0.2, -0.15) is 0 Å². The molecule has 0 aliphatic heterocycles. The first-order valence-corrected chi connectivity index (χ1v) is 34.8. The van der Waals surface area contributed by atoms with E-state index in [1.54, 1.807) is 0 Å². The Labute approximate surface area is 529 Å². The second-order valence-electron chi connectivity index (χ2n) is 24.1. The first kappa shape index (κ1) is 81.4. The number of hydrogen-bond donors (Lipinski definition) is 0. The maximum absolute atomic E-state index is 12.9. The average Bonchev–Trinajstić information content (AvgIpc) is 3.63. The van der Waals surface area contributed by atoms with Crippen LogP contribution < -0.4 is 5.11 Å². The van der Waals surface area contributed by atoms with Crippen LogP contribution in [0.4, 0.5) is 0 Å². The fourth-order valence-corrected chi connectivity index (χ4v) is 9.37. The van der Waals surface area contributed by atoms with Gasteiger partial charge in [-0.05, 0) is 96.3 Å². The summed E-state index contributed by atoms with van der Waals surface area (Å²) in [5, 5.41) is 11.8. The Balaban J connectivity index is 4.21. The fourth-order valence-electron chi connectivity index (χ4n) is 9.37. The van der Waals surface area contributed by atoms with Gasteiger partial charge >= 0.3 is 11.9 Å². The summed E-state index contributed by atoms with van der Waals surface area (Å²) in [6.45, 7) is 4.63. The third-order valence-electron chi connectivity index (χ3n) is 14.7. The van der Waals surface area contributed by atoms with E-state index in [4.69, 9.17) is 18.9 Å². The highest BCUT2D eigenvalue weighted by Gasteiger charge is 2.22. The van der Waals surface area contributed by atoms with Crippen molar-refractivity contribution in [2.45, 2.75) is 289 Å². The van der Waals surface area contributed by atoms with Gasteiger partial charge in [-0.15, -0.1) is 0 Å². The molecule has 0 saturated carbocycles. The lowest BCUT2D eigenvalue weighted by Gasteiger charge is -2.26. The zero-order valence-corrected chi connectivity index (χ0v) is 55.9. The molecule has 9 nitrogen and oxygen atoms in total. The van der Waals surface area contributed by atoms with E-state index in [-0.39, 0.29) is 38.6 Å². The van der Waals surface area contributed by atoms with Crippen molar-refractivity contribution in [3.05, 3.63) is 134 Å². The van der Waals surface area contributed by atoms with Crippen LogP contribution in [0.2, 0.25) is 0 Å². The van der Waals surface area contributed by atoms with Gasteiger partial charge in [-0.25, -0.2) is 0 Å². The summed E-state index contributed by atoms with van der Waals surface area (Å²) < 4.78 is 22.8. The van der Waals surface area contributed by atoms with Crippen LogP contribution in [-0.4, -0.2) is 82.3 Å². The number of carboxylic acids is 1. The van der Waals surface area contributed by atoms with Crippen LogP contribution in [0, 0.1) is 0 Å². The zero-order chi connectivity index (χ0) is 62.6. The summed E-state index contributed by atoms with van der Waals surface area (Å²) in [7, 11) is 5.92. The number of unbranched alkanes of at least 4 members (excludes halogenated alkanes) is 26. The van der Waals surface area contributed by atoms with Crippen LogP contribution >= 0.6 is 0 Å². The lowest BCUT2D eigenvalue weighted by molar-refractivity contribution is -0.870. The average molecular weight is 1200 g/mol. The Morgan fingerprint density at radius 1 is 0.360 bits per heavy atom. The Kier molecular flexibility index (Phi) is 62.9. The molecular weight excluding hydrogens is 1070 g/mol. The summed E-state index contributed by atoms with van der Waals surface area (Å²) in [6, 6.07) is 0. The molecule has 0 aromatic carbocycles. The highest BCUT2D eigenvalue weighted by molar-refractivity contribution is 5.70. The topological polar surface area (TPSA) is 111 Å². The van der Waals surface area contributed by atoms with Crippen molar-refractivity contribution in [2.75, 3.05) is 47.5 Å². The summed E-state index contributed by atoms with van der Waals surface area (Å²) >= 11 is 0. The van der Waals surface area contributed by atoms with E-state index in [1.165, 1.54) is 122 Å². The molecule has 0 aromatic heterocycles. The molecule has 9 heteroatoms. The molecule has 0 aromatic rings. The number of nitrogens with zero attached hydrogens (tertiary/aromatic N) is 1. The van der Waals surface area contributed by atoms with E-state index in [0.717, 1.165) is 122 Å². The maximum Gasteiger partial charge on any atom is 0.306 e. The number of hydrogen-bond acceptors (Lipinski definition) is 8. The lowest BCUT2D eigenvalue weighted by Crippen LogP contribution is -2.44. The quantitative estimate of drug-likeness (QED) is 0.0195. The van der Waals surface area contributed by atoms with E-state index in [9.17, 15) is 19.5 Å². The Morgan fingerprint density at radius 2 is 0.663 bits per heavy atom. The number of quaternary nitrogens is 1. The molecule has 0 heterocycles. The van der Waals surface area contributed by atoms with Crippen LogP contribution in [-0.2, 0) is 33.3 Å². The van der Waals surface area contributed by atoms with Gasteiger partial charge in [0.2, 0.25) is 0 Å². The molecule has 86 heavy (non-hydrogen) atoms. The number of carboxylic acid groups (broad SMARTS) is 1. The summed E-state index contributed by atoms with van der Waals surface area (Å²) in [4.78, 5) is 37.5. The van der Waals surface area contributed by atoms with E-state index in [2.05, 4.69) is 148 Å². The van der Waals surface area contributed by atoms with Gasteiger partial charge in [0.25, 0.3) is 0 Å². The minimum absolute atomic E-state index is 0.138. The molecule has 0 N–H and O–H groups in total. The number of likely N-dealkylation sites (N-methyl/N-ethyl adjacent to an activating group) is 1. The molecule has 0 aliphatic carbocycles. The molecule has 2 atom stereocenters. The molecule has 490 valence electrons. The molecule has 0 spiro atoms. The van der Waals surface area contributed by atoms with E-state index >= 15 is 0 Å². The maximum atomic E-state index is 12.9. The third-order valence-corrected chi connectivity index (χ3v) is 14.7. The molecule has 0 saturated heterocycles. The number of esters is 2. The van der Waals surface area contributed by atoms with E-state index in [0.29, 0.717) is 17.4 Å². The normalized spacial score (nSPS) is 13.5. The van der Waals surface area contributed by atoms with Crippen molar-refractivity contribution < 1.29 is 42.9 Å². The monoisotopic (exact) mass is 1200 g/mol. The molecule has 0 amide bonds. The zero-order valence-electron chi connectivity index (χ0n) is 55.9. The van der Waals surface area contributed by atoms with Crippen molar-refractivity contribution in [3.63, 3.8) is 0 Å².